The van der Waals surface area contributed by atoms with E-state index in [2.05, 4.69) is 6.92 Å². The molecule has 0 aliphatic heterocycles. The molecular weight excluding hydrogens is 228 g/mol. The highest BCUT2D eigenvalue weighted by Gasteiger charge is 2.13. The van der Waals surface area contributed by atoms with Gasteiger partial charge in [-0.3, -0.25) is 9.59 Å². The summed E-state index contributed by atoms with van der Waals surface area (Å²) >= 11 is 0. The predicted octanol–water partition coefficient (Wildman–Crippen LogP) is 3.32. The molecule has 1 rings (SSSR count). The van der Waals surface area contributed by atoms with E-state index in [9.17, 15) is 9.59 Å². The molecule has 0 heterocycles. The van der Waals surface area contributed by atoms with Crippen LogP contribution in [0.2, 0.25) is 0 Å². The van der Waals surface area contributed by atoms with Crippen LogP contribution in [0.1, 0.15) is 49.0 Å². The molecule has 0 saturated heterocycles. The SMILES string of the molecule is CCCc1ccc(C(=O)CC(C)CC(=O)O)cc1. The lowest BCUT2D eigenvalue weighted by Gasteiger charge is -2.08. The molecule has 0 bridgehead atoms. The van der Waals surface area contributed by atoms with Crippen molar-refractivity contribution in [2.24, 2.45) is 5.92 Å². The first-order valence-corrected chi connectivity index (χ1v) is 6.36. The Hall–Kier alpha value is -1.64. The van der Waals surface area contributed by atoms with Crippen LogP contribution >= 0.6 is 0 Å². The van der Waals surface area contributed by atoms with Gasteiger partial charge in [0, 0.05) is 18.4 Å². The minimum absolute atomic E-state index is 0.0202. The van der Waals surface area contributed by atoms with Crippen LogP contribution in [0.3, 0.4) is 0 Å². The third kappa shape index (κ3) is 4.70. The molecule has 1 atom stereocenters. The predicted molar refractivity (Wildman–Crippen MR) is 70.8 cm³/mol. The van der Waals surface area contributed by atoms with Crippen LogP contribution < -0.4 is 0 Å². The van der Waals surface area contributed by atoms with Crippen molar-refractivity contribution < 1.29 is 14.7 Å². The van der Waals surface area contributed by atoms with Crippen LogP contribution in [0.25, 0.3) is 0 Å². The Morgan fingerprint density at radius 1 is 1.17 bits per heavy atom. The van der Waals surface area contributed by atoms with Crippen molar-refractivity contribution in [3.05, 3.63) is 35.4 Å². The van der Waals surface area contributed by atoms with Gasteiger partial charge >= 0.3 is 5.97 Å². The van der Waals surface area contributed by atoms with Gasteiger partial charge in [-0.05, 0) is 17.9 Å². The minimum atomic E-state index is -0.853. The van der Waals surface area contributed by atoms with Crippen LogP contribution in [-0.4, -0.2) is 16.9 Å². The highest BCUT2D eigenvalue weighted by Crippen LogP contribution is 2.14. The Labute approximate surface area is 108 Å². The third-order valence-corrected chi connectivity index (χ3v) is 2.87. The lowest BCUT2D eigenvalue weighted by molar-refractivity contribution is -0.137. The molecule has 3 nitrogen and oxygen atoms in total. The molecule has 0 aromatic heterocycles. The molecule has 1 N–H and O–H groups in total. The standard InChI is InChI=1S/C15H20O3/c1-3-4-12-5-7-13(8-6-12)14(16)9-11(2)10-15(17)18/h5-8,11H,3-4,9-10H2,1-2H3,(H,17,18). The summed E-state index contributed by atoms with van der Waals surface area (Å²) in [5.74, 6) is -0.953. The number of carboxylic acids is 1. The lowest BCUT2D eigenvalue weighted by Crippen LogP contribution is -2.10. The second-order valence-corrected chi connectivity index (χ2v) is 4.78. The first-order chi connectivity index (χ1) is 8.52. The average Bonchev–Trinajstić information content (AvgIpc) is 2.29. The summed E-state index contributed by atoms with van der Waals surface area (Å²) in [6.07, 6.45) is 2.44. The van der Waals surface area contributed by atoms with Gasteiger partial charge in [0.25, 0.3) is 0 Å². The van der Waals surface area contributed by atoms with Crippen LogP contribution in [0.15, 0.2) is 24.3 Å². The van der Waals surface area contributed by atoms with Gasteiger partial charge in [0.1, 0.15) is 0 Å². The highest BCUT2D eigenvalue weighted by molar-refractivity contribution is 5.96. The van der Waals surface area contributed by atoms with E-state index >= 15 is 0 Å². The van der Waals surface area contributed by atoms with Crippen LogP contribution in [0.4, 0.5) is 0 Å². The monoisotopic (exact) mass is 248 g/mol. The summed E-state index contributed by atoms with van der Waals surface area (Å²) < 4.78 is 0. The molecule has 0 spiro atoms. The highest BCUT2D eigenvalue weighted by atomic mass is 16.4. The fraction of sp³-hybridized carbons (Fsp3) is 0.467. The summed E-state index contributed by atoms with van der Waals surface area (Å²) in [5, 5.41) is 8.65. The van der Waals surface area contributed by atoms with Gasteiger partial charge in [0.15, 0.2) is 5.78 Å². The number of carbonyl (C=O) groups excluding carboxylic acids is 1. The molecule has 0 aliphatic carbocycles. The number of hydrogen-bond donors (Lipinski definition) is 1. The molecule has 1 unspecified atom stereocenters. The van der Waals surface area contributed by atoms with E-state index in [4.69, 9.17) is 5.11 Å². The Morgan fingerprint density at radius 2 is 1.78 bits per heavy atom. The quantitative estimate of drug-likeness (QED) is 0.753. The topological polar surface area (TPSA) is 54.4 Å². The second kappa shape index (κ2) is 6.94. The van der Waals surface area contributed by atoms with Gasteiger partial charge in [0.2, 0.25) is 0 Å². The number of hydrogen-bond acceptors (Lipinski definition) is 2. The van der Waals surface area contributed by atoms with Crippen molar-refractivity contribution in [3.63, 3.8) is 0 Å². The van der Waals surface area contributed by atoms with Crippen molar-refractivity contribution in [3.8, 4) is 0 Å². The number of Topliss-reactive ketones (excluding diaryl/α,β-unsaturated/α-hetero) is 1. The molecule has 1 aromatic rings. The van der Waals surface area contributed by atoms with E-state index in [1.54, 1.807) is 6.92 Å². The van der Waals surface area contributed by atoms with Crippen LogP contribution in [-0.2, 0) is 11.2 Å². The summed E-state index contributed by atoms with van der Waals surface area (Å²) in [4.78, 5) is 22.4. The number of aliphatic carboxylic acids is 1. The van der Waals surface area contributed by atoms with E-state index in [0.717, 1.165) is 12.8 Å². The maximum absolute atomic E-state index is 11.9. The number of ketones is 1. The molecular formula is C15H20O3. The normalized spacial score (nSPS) is 12.1. The van der Waals surface area contributed by atoms with Crippen LogP contribution in [0, 0.1) is 5.92 Å². The smallest absolute Gasteiger partial charge is 0.303 e. The first-order valence-electron chi connectivity index (χ1n) is 6.36. The van der Waals surface area contributed by atoms with Crippen molar-refractivity contribution in [1.29, 1.82) is 0 Å². The maximum Gasteiger partial charge on any atom is 0.303 e. The number of carboxylic acid groups (broad SMARTS) is 1. The maximum atomic E-state index is 11.9. The number of rotatable bonds is 7. The molecule has 0 amide bonds. The number of benzene rings is 1. The molecule has 0 saturated carbocycles. The van der Waals surface area contributed by atoms with Gasteiger partial charge in [-0.15, -0.1) is 0 Å². The van der Waals surface area contributed by atoms with Crippen molar-refractivity contribution >= 4 is 11.8 Å². The van der Waals surface area contributed by atoms with Crippen molar-refractivity contribution in [2.45, 2.75) is 39.5 Å². The van der Waals surface area contributed by atoms with Crippen molar-refractivity contribution in [2.75, 3.05) is 0 Å². The molecule has 0 aliphatic rings. The molecule has 3 heteroatoms. The lowest BCUT2D eigenvalue weighted by atomic mass is 9.96. The summed E-state index contributed by atoms with van der Waals surface area (Å²) in [6, 6.07) is 7.61. The minimum Gasteiger partial charge on any atom is -0.481 e. The number of aryl methyl sites for hydroxylation is 1. The zero-order valence-electron chi connectivity index (χ0n) is 11.0. The van der Waals surface area contributed by atoms with E-state index in [-0.39, 0.29) is 18.1 Å². The van der Waals surface area contributed by atoms with Gasteiger partial charge in [-0.1, -0.05) is 44.5 Å². The van der Waals surface area contributed by atoms with Crippen LogP contribution in [0.5, 0.6) is 0 Å². The largest absolute Gasteiger partial charge is 0.481 e. The van der Waals surface area contributed by atoms with Gasteiger partial charge in [0.05, 0.1) is 0 Å². The zero-order chi connectivity index (χ0) is 13.5. The van der Waals surface area contributed by atoms with Gasteiger partial charge in [-0.2, -0.15) is 0 Å². The Morgan fingerprint density at radius 3 is 2.28 bits per heavy atom. The summed E-state index contributed by atoms with van der Waals surface area (Å²) in [6.45, 7) is 3.91. The summed E-state index contributed by atoms with van der Waals surface area (Å²) in [5.41, 5.74) is 1.90. The summed E-state index contributed by atoms with van der Waals surface area (Å²) in [7, 11) is 0. The first kappa shape index (κ1) is 14.4. The van der Waals surface area contributed by atoms with Gasteiger partial charge < -0.3 is 5.11 Å². The van der Waals surface area contributed by atoms with E-state index in [0.29, 0.717) is 12.0 Å². The fourth-order valence-corrected chi connectivity index (χ4v) is 1.95. The Kier molecular flexibility index (Phi) is 5.56. The zero-order valence-corrected chi connectivity index (χ0v) is 11.0. The molecule has 98 valence electrons. The van der Waals surface area contributed by atoms with E-state index in [1.807, 2.05) is 24.3 Å². The van der Waals surface area contributed by atoms with E-state index < -0.39 is 5.97 Å². The Bertz CT molecular complexity index is 406. The van der Waals surface area contributed by atoms with Crippen molar-refractivity contribution in [1.82, 2.24) is 0 Å². The number of carbonyl (C=O) groups is 2. The molecule has 1 aromatic carbocycles. The molecule has 0 radical (unpaired) electrons. The fourth-order valence-electron chi connectivity index (χ4n) is 1.95. The molecule has 0 fully saturated rings. The van der Waals surface area contributed by atoms with E-state index in [1.165, 1.54) is 5.56 Å². The van der Waals surface area contributed by atoms with Gasteiger partial charge in [-0.25, -0.2) is 0 Å². The Balaban J connectivity index is 2.58. The average molecular weight is 248 g/mol. The second-order valence-electron chi connectivity index (χ2n) is 4.78. The molecule has 18 heavy (non-hydrogen) atoms. The third-order valence-electron chi connectivity index (χ3n) is 2.87.